The maximum Gasteiger partial charge on any atom is 0.410 e. The summed E-state index contributed by atoms with van der Waals surface area (Å²) in [6.45, 7) is 11.9. The number of esters is 1. The number of amides is 1. The van der Waals surface area contributed by atoms with Crippen molar-refractivity contribution < 1.29 is 41.0 Å². The lowest BCUT2D eigenvalue weighted by molar-refractivity contribution is -0.149. The normalized spacial score (nSPS) is 20.1. The van der Waals surface area contributed by atoms with Crippen LogP contribution in [-0.2, 0) is 24.3 Å². The highest BCUT2D eigenvalue weighted by Gasteiger charge is 2.41. The van der Waals surface area contributed by atoms with E-state index in [9.17, 15) is 26.8 Å². The third-order valence-electron chi connectivity index (χ3n) is 8.50. The van der Waals surface area contributed by atoms with Gasteiger partial charge >= 0.3 is 12.1 Å². The van der Waals surface area contributed by atoms with Gasteiger partial charge in [-0.15, -0.1) is 0 Å². The summed E-state index contributed by atoms with van der Waals surface area (Å²) in [5.41, 5.74) is 0.132. The highest BCUT2D eigenvalue weighted by molar-refractivity contribution is 7.89. The molecule has 1 aromatic rings. The van der Waals surface area contributed by atoms with Gasteiger partial charge in [0.15, 0.2) is 0 Å². The molecule has 3 rings (SSSR count). The number of rotatable bonds is 14. The fraction of sp³-hybridized carbons (Fsp3) is 0.765. The van der Waals surface area contributed by atoms with Crippen LogP contribution in [0.1, 0.15) is 117 Å². The van der Waals surface area contributed by atoms with Gasteiger partial charge in [-0.2, -0.15) is 4.31 Å². The Kier molecular flexibility index (Phi) is 13.7. The van der Waals surface area contributed by atoms with Gasteiger partial charge in [0.05, 0.1) is 12.7 Å². The number of alkyl halides is 2. The molecule has 0 N–H and O–H groups in total. The molecule has 9 nitrogen and oxygen atoms in total. The van der Waals surface area contributed by atoms with Gasteiger partial charge in [-0.3, -0.25) is 4.79 Å². The molecule has 1 saturated heterocycles. The number of hydrogen-bond donors (Lipinski definition) is 0. The van der Waals surface area contributed by atoms with Crippen LogP contribution in [0.3, 0.4) is 0 Å². The molecule has 2 aliphatic rings. The third-order valence-corrected chi connectivity index (χ3v) is 10.4. The molecule has 1 aliphatic heterocycles. The van der Waals surface area contributed by atoms with E-state index in [2.05, 4.69) is 0 Å². The topological polar surface area (TPSA) is 102 Å². The fourth-order valence-corrected chi connectivity index (χ4v) is 7.71. The molecule has 2 fully saturated rings. The van der Waals surface area contributed by atoms with Crippen LogP contribution < -0.4 is 4.74 Å². The number of carbonyl (C=O) groups is 2. The molecule has 2 atom stereocenters. The van der Waals surface area contributed by atoms with Crippen molar-refractivity contribution in [3.05, 3.63) is 23.8 Å². The highest BCUT2D eigenvalue weighted by atomic mass is 32.2. The molecule has 0 unspecified atom stereocenters. The van der Waals surface area contributed by atoms with E-state index in [1.165, 1.54) is 10.4 Å². The molecule has 0 aromatic heterocycles. The lowest BCUT2D eigenvalue weighted by atomic mass is 9.91. The number of nitrogens with zero attached hydrogens (tertiary/aromatic N) is 2. The summed E-state index contributed by atoms with van der Waals surface area (Å²) in [5.74, 6) is -2.98. The molecule has 0 radical (unpaired) electrons. The van der Waals surface area contributed by atoms with Crippen LogP contribution in [0.4, 0.5) is 13.6 Å². The van der Waals surface area contributed by atoms with Crippen molar-refractivity contribution in [3.63, 3.8) is 0 Å². The Labute approximate surface area is 274 Å². The van der Waals surface area contributed by atoms with E-state index in [0.717, 1.165) is 24.8 Å². The minimum absolute atomic E-state index is 0.0170. The zero-order chi connectivity index (χ0) is 34.1. The van der Waals surface area contributed by atoms with Gasteiger partial charge in [0.1, 0.15) is 22.3 Å². The first-order valence-corrected chi connectivity index (χ1v) is 18.3. The Balaban J connectivity index is 1.66. The highest BCUT2D eigenvalue weighted by Crippen LogP contribution is 2.36. The molecule has 0 spiro atoms. The summed E-state index contributed by atoms with van der Waals surface area (Å²) in [7, 11) is -4.07. The average Bonchev–Trinajstić information content (AvgIpc) is 2.96. The minimum Gasteiger partial charge on any atom is -0.489 e. The van der Waals surface area contributed by atoms with Crippen LogP contribution in [0.15, 0.2) is 23.1 Å². The molecule has 262 valence electrons. The SMILES string of the molecule is CCCCOC(=O)[C@@H]1CCCCN1S(=O)(=O)c1ccc(C)cc1O[C@@H](C)CCCCN(C(=O)OC(C)(C)C)C1CCC(F)(F)CC1. The van der Waals surface area contributed by atoms with E-state index in [0.29, 0.717) is 38.6 Å². The number of piperidine rings is 1. The molecule has 1 saturated carbocycles. The van der Waals surface area contributed by atoms with Crippen LogP contribution in [0, 0.1) is 6.92 Å². The number of carbonyl (C=O) groups excluding carboxylic acids is 2. The zero-order valence-corrected chi connectivity index (χ0v) is 29.3. The predicted molar refractivity (Wildman–Crippen MR) is 173 cm³/mol. The quantitative estimate of drug-likeness (QED) is 0.148. The molecule has 0 bridgehead atoms. The zero-order valence-electron chi connectivity index (χ0n) is 28.5. The van der Waals surface area contributed by atoms with Crippen LogP contribution in [0.5, 0.6) is 5.75 Å². The van der Waals surface area contributed by atoms with Gasteiger partial charge in [-0.25, -0.2) is 22.0 Å². The van der Waals surface area contributed by atoms with E-state index in [1.54, 1.807) is 37.8 Å². The monoisotopic (exact) mass is 672 g/mol. The number of unbranched alkanes of at least 4 members (excludes halogenated alkanes) is 2. The second-order valence-electron chi connectivity index (χ2n) is 13.8. The Bertz CT molecular complexity index is 1260. The van der Waals surface area contributed by atoms with E-state index < -0.39 is 39.7 Å². The van der Waals surface area contributed by atoms with Crippen molar-refractivity contribution in [2.24, 2.45) is 0 Å². The van der Waals surface area contributed by atoms with Crippen molar-refractivity contribution in [1.29, 1.82) is 0 Å². The average molecular weight is 673 g/mol. The smallest absolute Gasteiger partial charge is 0.410 e. The second kappa shape index (κ2) is 16.6. The molecular formula is C34H54F2N2O7S. The second-order valence-corrected chi connectivity index (χ2v) is 15.6. The van der Waals surface area contributed by atoms with Crippen molar-refractivity contribution in [3.8, 4) is 5.75 Å². The lowest BCUT2D eigenvalue weighted by Gasteiger charge is -2.37. The standard InChI is InChI=1S/C34H54F2N2O7S/c1-7-8-23-43-31(39)28-14-10-12-22-38(28)46(41,42)30-16-15-25(2)24-29(30)44-26(3)13-9-11-21-37(32(40)45-33(4,5)6)27-17-19-34(35,36)20-18-27/h15-16,24,26-28H,7-14,17-23H2,1-6H3/t26-,28-/m0/s1. The summed E-state index contributed by atoms with van der Waals surface area (Å²) < 4.78 is 74.1. The number of hydrogen-bond acceptors (Lipinski definition) is 7. The number of sulfonamides is 1. The Morgan fingerprint density at radius 2 is 1.78 bits per heavy atom. The lowest BCUT2D eigenvalue weighted by Crippen LogP contribution is -2.48. The predicted octanol–water partition coefficient (Wildman–Crippen LogP) is 7.63. The Morgan fingerprint density at radius 3 is 2.43 bits per heavy atom. The first-order chi connectivity index (χ1) is 21.5. The third kappa shape index (κ3) is 11.1. The van der Waals surface area contributed by atoms with Crippen LogP contribution in [-0.4, -0.2) is 79.1 Å². The fourth-order valence-electron chi connectivity index (χ4n) is 5.96. The van der Waals surface area contributed by atoms with Crippen molar-refractivity contribution in [2.75, 3.05) is 19.7 Å². The van der Waals surface area contributed by atoms with Crippen LogP contribution in [0.25, 0.3) is 0 Å². The number of aryl methyl sites for hydroxylation is 1. The molecule has 1 aromatic carbocycles. The minimum atomic E-state index is -4.07. The van der Waals surface area contributed by atoms with Gasteiger partial charge in [-0.05, 0) is 110 Å². The maximum atomic E-state index is 14.0. The summed E-state index contributed by atoms with van der Waals surface area (Å²) >= 11 is 0. The summed E-state index contributed by atoms with van der Waals surface area (Å²) in [4.78, 5) is 27.5. The molecular weight excluding hydrogens is 618 g/mol. The van der Waals surface area contributed by atoms with Gasteiger partial charge in [0, 0.05) is 32.0 Å². The molecule has 46 heavy (non-hydrogen) atoms. The number of benzene rings is 1. The van der Waals surface area contributed by atoms with Crippen molar-refractivity contribution in [1.82, 2.24) is 9.21 Å². The van der Waals surface area contributed by atoms with E-state index >= 15 is 0 Å². The van der Waals surface area contributed by atoms with E-state index in [4.69, 9.17) is 14.2 Å². The Hall–Kier alpha value is -2.47. The summed E-state index contributed by atoms with van der Waals surface area (Å²) in [5, 5.41) is 0. The maximum absolute atomic E-state index is 14.0. The summed E-state index contributed by atoms with van der Waals surface area (Å²) in [6.07, 6.45) is 4.35. The number of ether oxygens (including phenoxy) is 3. The van der Waals surface area contributed by atoms with Gasteiger partial charge in [0.2, 0.25) is 15.9 Å². The van der Waals surface area contributed by atoms with E-state index in [-0.39, 0.29) is 61.6 Å². The van der Waals surface area contributed by atoms with E-state index in [1.807, 2.05) is 20.8 Å². The summed E-state index contributed by atoms with van der Waals surface area (Å²) in [6, 6.07) is 3.78. The molecule has 1 amide bonds. The first-order valence-electron chi connectivity index (χ1n) is 16.9. The van der Waals surface area contributed by atoms with Crippen LogP contribution >= 0.6 is 0 Å². The molecule has 12 heteroatoms. The largest absolute Gasteiger partial charge is 0.489 e. The van der Waals surface area contributed by atoms with Gasteiger partial charge < -0.3 is 19.1 Å². The Morgan fingerprint density at radius 1 is 1.09 bits per heavy atom. The van der Waals surface area contributed by atoms with Crippen LogP contribution in [0.2, 0.25) is 0 Å². The van der Waals surface area contributed by atoms with Crippen molar-refractivity contribution in [2.45, 2.75) is 153 Å². The van der Waals surface area contributed by atoms with Gasteiger partial charge in [0.25, 0.3) is 0 Å². The first kappa shape index (κ1) is 38.0. The van der Waals surface area contributed by atoms with Gasteiger partial charge in [-0.1, -0.05) is 19.4 Å². The molecule has 1 aliphatic carbocycles. The number of halogens is 2. The molecule has 1 heterocycles. The van der Waals surface area contributed by atoms with Crippen molar-refractivity contribution >= 4 is 22.1 Å².